The highest BCUT2D eigenvalue weighted by atomic mass is 35.5. The van der Waals surface area contributed by atoms with Crippen molar-refractivity contribution in [3.8, 4) is 22.3 Å². The van der Waals surface area contributed by atoms with E-state index in [0.717, 1.165) is 12.3 Å². The Morgan fingerprint density at radius 1 is 0.906 bits per heavy atom. The van der Waals surface area contributed by atoms with E-state index in [9.17, 15) is 21.6 Å². The molecule has 3 aromatic heterocycles. The number of rotatable bonds is 4. The molecule has 164 valence electrons. The number of alkyl halides is 3. The number of nitrogens with one attached hydrogen (secondary N) is 1. The lowest BCUT2D eigenvalue weighted by molar-refractivity contribution is -0.141. The smallest absolute Gasteiger partial charge is 0.281 e. The minimum Gasteiger partial charge on any atom is -0.281 e. The Morgan fingerprint density at radius 2 is 1.62 bits per heavy atom. The Hall–Kier alpha value is -3.24. The summed E-state index contributed by atoms with van der Waals surface area (Å²) in [5.74, 6) is 0. The fourth-order valence-electron chi connectivity index (χ4n) is 3.18. The van der Waals surface area contributed by atoms with Gasteiger partial charge in [-0.05, 0) is 41.5 Å². The van der Waals surface area contributed by atoms with E-state index in [4.69, 9.17) is 11.6 Å². The van der Waals surface area contributed by atoms with Gasteiger partial charge in [0, 0.05) is 35.1 Å². The van der Waals surface area contributed by atoms with Gasteiger partial charge >= 0.3 is 6.18 Å². The molecule has 1 N–H and O–H groups in total. The van der Waals surface area contributed by atoms with E-state index in [0.29, 0.717) is 33.2 Å². The van der Waals surface area contributed by atoms with Gasteiger partial charge in [-0.15, -0.1) is 0 Å². The van der Waals surface area contributed by atoms with Crippen LogP contribution in [0.1, 0.15) is 5.69 Å². The van der Waals surface area contributed by atoms with E-state index in [-0.39, 0.29) is 10.8 Å². The standard InChI is InChI=1S/C21H14ClF3N4O2S/c1-32(30,31)29-18-9-14(11-28-20(18)22)12-2-4-17-16(8-12)15(6-7-26-17)13-3-5-19(27-10-13)21(23,24)25/h2-11,29H,1H3. The van der Waals surface area contributed by atoms with Gasteiger partial charge in [0.2, 0.25) is 10.0 Å². The first-order chi connectivity index (χ1) is 15.0. The van der Waals surface area contributed by atoms with E-state index >= 15 is 0 Å². The SMILES string of the molecule is CS(=O)(=O)Nc1cc(-c2ccc3nccc(-c4ccc(C(F)(F)F)nc4)c3c2)cnc1Cl. The number of anilines is 1. The first kappa shape index (κ1) is 22.0. The maximum Gasteiger partial charge on any atom is 0.433 e. The van der Waals surface area contributed by atoms with Crippen LogP contribution in [-0.4, -0.2) is 29.6 Å². The first-order valence-electron chi connectivity index (χ1n) is 9.07. The summed E-state index contributed by atoms with van der Waals surface area (Å²) in [5, 5.41) is 0.678. The van der Waals surface area contributed by atoms with Crippen LogP contribution < -0.4 is 4.72 Å². The second-order valence-corrected chi connectivity index (χ2v) is 9.06. The third-order valence-electron chi connectivity index (χ3n) is 4.57. The largest absolute Gasteiger partial charge is 0.433 e. The molecule has 0 amide bonds. The van der Waals surface area contributed by atoms with Crippen molar-refractivity contribution in [1.82, 2.24) is 15.0 Å². The number of halogens is 4. The number of fused-ring (bicyclic) bond motifs is 1. The maximum absolute atomic E-state index is 12.8. The van der Waals surface area contributed by atoms with E-state index in [1.807, 2.05) is 0 Å². The zero-order chi connectivity index (χ0) is 23.1. The minimum atomic E-state index is -4.52. The van der Waals surface area contributed by atoms with Crippen molar-refractivity contribution < 1.29 is 21.6 Å². The van der Waals surface area contributed by atoms with Crippen molar-refractivity contribution in [3.05, 3.63) is 71.9 Å². The van der Waals surface area contributed by atoms with E-state index in [1.54, 1.807) is 36.5 Å². The number of aromatic nitrogens is 3. The number of hydrogen-bond acceptors (Lipinski definition) is 5. The zero-order valence-corrected chi connectivity index (χ0v) is 17.9. The van der Waals surface area contributed by atoms with E-state index in [1.165, 1.54) is 18.5 Å². The average molecular weight is 479 g/mol. The van der Waals surface area contributed by atoms with Gasteiger partial charge in [-0.1, -0.05) is 23.7 Å². The van der Waals surface area contributed by atoms with Crippen molar-refractivity contribution in [2.75, 3.05) is 11.0 Å². The molecule has 0 fully saturated rings. The molecule has 0 aliphatic carbocycles. The molecule has 0 spiro atoms. The fraction of sp³-hybridized carbons (Fsp3) is 0.0952. The van der Waals surface area contributed by atoms with E-state index in [2.05, 4.69) is 19.7 Å². The molecule has 0 aliphatic heterocycles. The van der Waals surface area contributed by atoms with Crippen LogP contribution in [0.4, 0.5) is 18.9 Å². The van der Waals surface area contributed by atoms with Crippen LogP contribution in [0.25, 0.3) is 33.2 Å². The van der Waals surface area contributed by atoms with Gasteiger partial charge in [-0.3, -0.25) is 14.7 Å². The van der Waals surface area contributed by atoms with Crippen LogP contribution in [0, 0.1) is 0 Å². The molecule has 4 rings (SSSR count). The normalized spacial score (nSPS) is 12.2. The molecule has 0 radical (unpaired) electrons. The Bertz CT molecular complexity index is 1430. The molecular weight excluding hydrogens is 465 g/mol. The van der Waals surface area contributed by atoms with Crippen LogP contribution in [0.2, 0.25) is 5.15 Å². The summed E-state index contributed by atoms with van der Waals surface area (Å²) in [6, 6.07) is 10.8. The summed E-state index contributed by atoms with van der Waals surface area (Å²) < 4.78 is 64.0. The number of sulfonamides is 1. The highest BCUT2D eigenvalue weighted by Gasteiger charge is 2.32. The minimum absolute atomic E-state index is 0.00171. The van der Waals surface area contributed by atoms with Crippen molar-refractivity contribution in [1.29, 1.82) is 0 Å². The molecule has 4 aromatic rings. The highest BCUT2D eigenvalue weighted by molar-refractivity contribution is 7.92. The molecule has 0 unspecified atom stereocenters. The number of hydrogen-bond donors (Lipinski definition) is 1. The van der Waals surface area contributed by atoms with Gasteiger partial charge in [0.1, 0.15) is 5.69 Å². The lowest BCUT2D eigenvalue weighted by atomic mass is 9.98. The van der Waals surface area contributed by atoms with Gasteiger partial charge in [-0.2, -0.15) is 13.2 Å². The van der Waals surface area contributed by atoms with Crippen LogP contribution in [0.3, 0.4) is 0 Å². The van der Waals surface area contributed by atoms with Crippen LogP contribution in [-0.2, 0) is 16.2 Å². The molecule has 0 aliphatic rings. The second kappa shape index (κ2) is 8.03. The number of benzene rings is 1. The Kier molecular flexibility index (Phi) is 5.51. The molecule has 11 heteroatoms. The molecule has 3 heterocycles. The van der Waals surface area contributed by atoms with Gasteiger partial charge < -0.3 is 0 Å². The molecule has 6 nitrogen and oxygen atoms in total. The lowest BCUT2D eigenvalue weighted by Crippen LogP contribution is -2.10. The van der Waals surface area contributed by atoms with Crippen LogP contribution in [0.5, 0.6) is 0 Å². The van der Waals surface area contributed by atoms with E-state index < -0.39 is 21.9 Å². The highest BCUT2D eigenvalue weighted by Crippen LogP contribution is 2.34. The monoisotopic (exact) mass is 478 g/mol. The summed E-state index contributed by atoms with van der Waals surface area (Å²) in [6.45, 7) is 0. The van der Waals surface area contributed by atoms with Crippen molar-refractivity contribution in [2.24, 2.45) is 0 Å². The van der Waals surface area contributed by atoms with Gasteiger partial charge in [-0.25, -0.2) is 13.4 Å². The van der Waals surface area contributed by atoms with Gasteiger partial charge in [0.25, 0.3) is 0 Å². The predicted molar refractivity (Wildman–Crippen MR) is 117 cm³/mol. The molecule has 0 bridgehead atoms. The number of nitrogens with zero attached hydrogens (tertiary/aromatic N) is 3. The maximum atomic E-state index is 12.8. The molecule has 1 aromatic carbocycles. The summed E-state index contributed by atoms with van der Waals surface area (Å²) in [6.07, 6.45) is 0.704. The summed E-state index contributed by atoms with van der Waals surface area (Å²) in [7, 11) is -3.56. The van der Waals surface area contributed by atoms with Gasteiger partial charge in [0.15, 0.2) is 5.15 Å². The predicted octanol–water partition coefficient (Wildman–Crippen LogP) is 5.40. The van der Waals surface area contributed by atoms with Crippen LogP contribution in [0.15, 0.2) is 61.1 Å². The molecule has 32 heavy (non-hydrogen) atoms. The molecule has 0 atom stereocenters. The first-order valence-corrected chi connectivity index (χ1v) is 11.3. The zero-order valence-electron chi connectivity index (χ0n) is 16.4. The molecule has 0 saturated carbocycles. The Labute approximate surface area is 186 Å². The lowest BCUT2D eigenvalue weighted by Gasteiger charge is -2.11. The van der Waals surface area contributed by atoms with Crippen LogP contribution >= 0.6 is 11.6 Å². The van der Waals surface area contributed by atoms with Gasteiger partial charge in [0.05, 0.1) is 17.5 Å². The average Bonchev–Trinajstić information content (AvgIpc) is 2.73. The molecule has 0 saturated heterocycles. The summed E-state index contributed by atoms with van der Waals surface area (Å²) >= 11 is 6.00. The second-order valence-electron chi connectivity index (χ2n) is 6.96. The summed E-state index contributed by atoms with van der Waals surface area (Å²) in [5.41, 5.74) is 2.20. The fourth-order valence-corrected chi connectivity index (χ4v) is 3.94. The third-order valence-corrected chi connectivity index (χ3v) is 5.47. The van der Waals surface area contributed by atoms with Crippen molar-refractivity contribution in [3.63, 3.8) is 0 Å². The van der Waals surface area contributed by atoms with Crippen molar-refractivity contribution >= 4 is 38.2 Å². The third kappa shape index (κ3) is 4.66. The number of pyridine rings is 3. The van der Waals surface area contributed by atoms with Crippen molar-refractivity contribution in [2.45, 2.75) is 6.18 Å². The summed E-state index contributed by atoms with van der Waals surface area (Å²) in [4.78, 5) is 11.9. The Morgan fingerprint density at radius 3 is 2.28 bits per heavy atom. The quantitative estimate of drug-likeness (QED) is 0.397. The Balaban J connectivity index is 1.81. The topological polar surface area (TPSA) is 84.8 Å². The molecular formula is C21H14ClF3N4O2S.